The fourth-order valence-corrected chi connectivity index (χ4v) is 2.02. The molecule has 0 fully saturated rings. The first kappa shape index (κ1) is 13.8. The molecule has 0 saturated heterocycles. The summed E-state index contributed by atoms with van der Waals surface area (Å²) in [6.07, 6.45) is 0.881. The standard InChI is InChI=1S/C14H16N4O2/c1-3-10-6-4-5-9(2)13(10)16-12-8-7-11(18(19)20)14(15)17-12/h4-8H,3H2,1-2H3,(H3,15,16,17). The predicted molar refractivity (Wildman–Crippen MR) is 79.1 cm³/mol. The van der Waals surface area contributed by atoms with Crippen LogP contribution in [0, 0.1) is 17.0 Å². The number of pyridine rings is 1. The topological polar surface area (TPSA) is 94.1 Å². The monoisotopic (exact) mass is 272 g/mol. The molecular formula is C14H16N4O2. The summed E-state index contributed by atoms with van der Waals surface area (Å²) in [5, 5.41) is 13.9. The van der Waals surface area contributed by atoms with Crippen LogP contribution in [0.25, 0.3) is 0 Å². The molecule has 2 rings (SSSR count). The van der Waals surface area contributed by atoms with E-state index < -0.39 is 4.92 Å². The summed E-state index contributed by atoms with van der Waals surface area (Å²) in [6.45, 7) is 4.06. The van der Waals surface area contributed by atoms with Crippen LogP contribution in [-0.4, -0.2) is 9.91 Å². The Balaban J connectivity index is 2.36. The van der Waals surface area contributed by atoms with Crippen LogP contribution in [0.5, 0.6) is 0 Å². The van der Waals surface area contributed by atoms with Crippen molar-refractivity contribution in [3.8, 4) is 0 Å². The van der Waals surface area contributed by atoms with Crippen LogP contribution in [0.1, 0.15) is 18.1 Å². The van der Waals surface area contributed by atoms with E-state index in [1.807, 2.05) is 25.1 Å². The van der Waals surface area contributed by atoms with Gasteiger partial charge in [0.1, 0.15) is 5.82 Å². The predicted octanol–water partition coefficient (Wildman–Crippen LogP) is 3.19. The summed E-state index contributed by atoms with van der Waals surface area (Å²) < 4.78 is 0. The molecule has 0 unspecified atom stereocenters. The second-order valence-electron chi connectivity index (χ2n) is 4.45. The van der Waals surface area contributed by atoms with Crippen molar-refractivity contribution in [3.05, 3.63) is 51.6 Å². The van der Waals surface area contributed by atoms with Gasteiger partial charge in [-0.2, -0.15) is 0 Å². The van der Waals surface area contributed by atoms with Crippen LogP contribution in [0.3, 0.4) is 0 Å². The van der Waals surface area contributed by atoms with Crippen molar-refractivity contribution in [2.75, 3.05) is 11.1 Å². The van der Waals surface area contributed by atoms with Gasteiger partial charge in [0.25, 0.3) is 0 Å². The van der Waals surface area contributed by atoms with E-state index in [4.69, 9.17) is 5.73 Å². The molecule has 0 radical (unpaired) electrons. The minimum absolute atomic E-state index is 0.0911. The Labute approximate surface area is 116 Å². The van der Waals surface area contributed by atoms with Crippen molar-refractivity contribution in [2.24, 2.45) is 0 Å². The minimum atomic E-state index is -0.544. The molecule has 0 bridgehead atoms. The van der Waals surface area contributed by atoms with E-state index in [0.717, 1.165) is 23.2 Å². The maximum Gasteiger partial charge on any atom is 0.311 e. The fraction of sp³-hybridized carbons (Fsp3) is 0.214. The molecule has 3 N–H and O–H groups in total. The van der Waals surface area contributed by atoms with Crippen molar-refractivity contribution in [3.63, 3.8) is 0 Å². The maximum atomic E-state index is 10.7. The summed E-state index contributed by atoms with van der Waals surface area (Å²) in [6, 6.07) is 8.94. The van der Waals surface area contributed by atoms with E-state index in [1.54, 1.807) is 6.07 Å². The highest BCUT2D eigenvalue weighted by atomic mass is 16.6. The number of para-hydroxylation sites is 1. The number of rotatable bonds is 4. The first-order chi connectivity index (χ1) is 9.52. The lowest BCUT2D eigenvalue weighted by Gasteiger charge is -2.13. The Bertz CT molecular complexity index is 656. The fourth-order valence-electron chi connectivity index (χ4n) is 2.02. The molecule has 1 heterocycles. The minimum Gasteiger partial charge on any atom is -0.378 e. The number of hydrogen-bond donors (Lipinski definition) is 2. The Kier molecular flexibility index (Phi) is 3.84. The number of nitrogen functional groups attached to an aromatic ring is 1. The van der Waals surface area contributed by atoms with Gasteiger partial charge in [0.15, 0.2) is 0 Å². The molecule has 0 aliphatic carbocycles. The highest BCUT2D eigenvalue weighted by Gasteiger charge is 2.13. The van der Waals surface area contributed by atoms with E-state index in [1.165, 1.54) is 6.07 Å². The zero-order valence-corrected chi connectivity index (χ0v) is 11.4. The molecule has 0 saturated carbocycles. The molecule has 0 aliphatic rings. The van der Waals surface area contributed by atoms with Crippen LogP contribution in [0.4, 0.5) is 23.0 Å². The molecule has 6 nitrogen and oxygen atoms in total. The van der Waals surface area contributed by atoms with Crippen molar-refractivity contribution >= 4 is 23.0 Å². The summed E-state index contributed by atoms with van der Waals surface area (Å²) in [7, 11) is 0. The van der Waals surface area contributed by atoms with Crippen molar-refractivity contribution in [2.45, 2.75) is 20.3 Å². The van der Waals surface area contributed by atoms with Crippen molar-refractivity contribution < 1.29 is 4.92 Å². The van der Waals surface area contributed by atoms with Crippen LogP contribution in [0.2, 0.25) is 0 Å². The molecular weight excluding hydrogens is 256 g/mol. The molecule has 0 aliphatic heterocycles. The second-order valence-corrected chi connectivity index (χ2v) is 4.45. The number of benzene rings is 1. The molecule has 1 aromatic carbocycles. The van der Waals surface area contributed by atoms with Gasteiger partial charge in [-0.25, -0.2) is 4.98 Å². The zero-order valence-electron chi connectivity index (χ0n) is 11.4. The number of anilines is 3. The number of hydrogen-bond acceptors (Lipinski definition) is 5. The first-order valence-electron chi connectivity index (χ1n) is 6.29. The van der Waals surface area contributed by atoms with Crippen LogP contribution in [-0.2, 0) is 6.42 Å². The zero-order chi connectivity index (χ0) is 14.7. The van der Waals surface area contributed by atoms with Crippen LogP contribution < -0.4 is 11.1 Å². The van der Waals surface area contributed by atoms with E-state index in [9.17, 15) is 10.1 Å². The largest absolute Gasteiger partial charge is 0.378 e. The number of nitro groups is 1. The molecule has 20 heavy (non-hydrogen) atoms. The van der Waals surface area contributed by atoms with E-state index >= 15 is 0 Å². The smallest absolute Gasteiger partial charge is 0.311 e. The quantitative estimate of drug-likeness (QED) is 0.658. The number of nitrogens with zero attached hydrogens (tertiary/aromatic N) is 2. The lowest BCUT2D eigenvalue weighted by Crippen LogP contribution is -2.03. The average molecular weight is 272 g/mol. The van der Waals surface area contributed by atoms with E-state index in [2.05, 4.69) is 17.2 Å². The average Bonchev–Trinajstić information content (AvgIpc) is 2.40. The first-order valence-corrected chi connectivity index (χ1v) is 6.29. The molecule has 0 atom stereocenters. The van der Waals surface area contributed by atoms with Gasteiger partial charge >= 0.3 is 5.69 Å². The SMILES string of the molecule is CCc1cccc(C)c1Nc1ccc([N+](=O)[O-])c(N)n1. The number of aromatic nitrogens is 1. The maximum absolute atomic E-state index is 10.7. The molecule has 104 valence electrons. The van der Waals surface area contributed by atoms with Crippen LogP contribution in [0.15, 0.2) is 30.3 Å². The Hall–Kier alpha value is -2.63. The lowest BCUT2D eigenvalue weighted by molar-refractivity contribution is -0.384. The summed E-state index contributed by atoms with van der Waals surface area (Å²) in [5.74, 6) is 0.406. The third kappa shape index (κ3) is 2.69. The lowest BCUT2D eigenvalue weighted by atomic mass is 10.1. The molecule has 0 spiro atoms. The third-order valence-corrected chi connectivity index (χ3v) is 3.09. The molecule has 0 amide bonds. The van der Waals surface area contributed by atoms with Gasteiger partial charge in [0, 0.05) is 11.8 Å². The summed E-state index contributed by atoms with van der Waals surface area (Å²) in [5.41, 5.74) is 8.62. The molecule has 1 aromatic heterocycles. The van der Waals surface area contributed by atoms with E-state index in [-0.39, 0.29) is 11.5 Å². The van der Waals surface area contributed by atoms with Gasteiger partial charge < -0.3 is 11.1 Å². The highest BCUT2D eigenvalue weighted by molar-refractivity contribution is 5.67. The van der Waals surface area contributed by atoms with Gasteiger partial charge in [-0.3, -0.25) is 10.1 Å². The second kappa shape index (κ2) is 5.56. The van der Waals surface area contributed by atoms with E-state index in [0.29, 0.717) is 5.82 Å². The van der Waals surface area contributed by atoms with Gasteiger partial charge in [-0.15, -0.1) is 0 Å². The number of nitrogens with one attached hydrogen (secondary N) is 1. The van der Waals surface area contributed by atoms with Gasteiger partial charge in [0.2, 0.25) is 5.82 Å². The van der Waals surface area contributed by atoms with Crippen LogP contribution >= 0.6 is 0 Å². The summed E-state index contributed by atoms with van der Waals surface area (Å²) >= 11 is 0. The Morgan fingerprint density at radius 3 is 2.70 bits per heavy atom. The van der Waals surface area contributed by atoms with Gasteiger partial charge in [0.05, 0.1) is 4.92 Å². The summed E-state index contributed by atoms with van der Waals surface area (Å²) in [4.78, 5) is 14.2. The molecule has 2 aromatic rings. The number of nitrogens with two attached hydrogens (primary N) is 1. The highest BCUT2D eigenvalue weighted by Crippen LogP contribution is 2.27. The van der Waals surface area contributed by atoms with Gasteiger partial charge in [-0.05, 0) is 30.5 Å². The van der Waals surface area contributed by atoms with Crippen molar-refractivity contribution in [1.82, 2.24) is 4.98 Å². The Morgan fingerprint density at radius 2 is 2.10 bits per heavy atom. The molecule has 6 heteroatoms. The third-order valence-electron chi connectivity index (χ3n) is 3.09. The normalized spacial score (nSPS) is 10.3. The number of aryl methyl sites for hydroxylation is 2. The Morgan fingerprint density at radius 1 is 1.35 bits per heavy atom. The van der Waals surface area contributed by atoms with Crippen molar-refractivity contribution in [1.29, 1.82) is 0 Å². The van der Waals surface area contributed by atoms with Gasteiger partial charge in [-0.1, -0.05) is 25.1 Å².